The number of amides is 1. The van der Waals surface area contributed by atoms with E-state index in [9.17, 15) is 4.79 Å². The molecule has 0 saturated heterocycles. The summed E-state index contributed by atoms with van der Waals surface area (Å²) in [4.78, 5) is 23.5. The van der Waals surface area contributed by atoms with Crippen LogP contribution < -0.4 is 5.73 Å². The van der Waals surface area contributed by atoms with Crippen LogP contribution in [0.15, 0.2) is 43.0 Å². The summed E-state index contributed by atoms with van der Waals surface area (Å²) in [6.07, 6.45) is 5.14. The first kappa shape index (κ1) is 11.2. The van der Waals surface area contributed by atoms with Crippen LogP contribution in [0.3, 0.4) is 0 Å². The van der Waals surface area contributed by atoms with E-state index in [1.54, 1.807) is 18.5 Å². The maximum absolute atomic E-state index is 11.4. The van der Waals surface area contributed by atoms with E-state index in [1.807, 2.05) is 18.2 Å². The molecule has 0 aliphatic rings. The molecule has 2 aromatic heterocycles. The molecular formula is C12H12N4O. The summed E-state index contributed by atoms with van der Waals surface area (Å²) < 4.78 is 0. The molecule has 0 aliphatic heterocycles. The fourth-order valence-corrected chi connectivity index (χ4v) is 1.59. The molecule has 2 heterocycles. The first-order valence-electron chi connectivity index (χ1n) is 5.22. The highest BCUT2D eigenvalue weighted by molar-refractivity contribution is 5.81. The van der Waals surface area contributed by atoms with Crippen LogP contribution in [0.1, 0.15) is 17.3 Å². The minimum Gasteiger partial charge on any atom is -0.369 e. The van der Waals surface area contributed by atoms with Crippen molar-refractivity contribution >= 4 is 5.91 Å². The Morgan fingerprint density at radius 1 is 1.24 bits per heavy atom. The first-order valence-corrected chi connectivity index (χ1v) is 5.22. The molecule has 0 spiro atoms. The molecule has 0 bridgehead atoms. The number of aromatic nitrogens is 3. The second-order valence-electron chi connectivity index (χ2n) is 3.61. The third-order valence-corrected chi connectivity index (χ3v) is 2.44. The van der Waals surface area contributed by atoms with Crippen molar-refractivity contribution in [1.29, 1.82) is 0 Å². The normalized spacial score (nSPS) is 12.0. The van der Waals surface area contributed by atoms with Crippen molar-refractivity contribution in [2.75, 3.05) is 0 Å². The SMILES string of the molecule is NC(=O)C(Cc1ccccn1)c1ccncn1. The van der Waals surface area contributed by atoms with Gasteiger partial charge in [-0.05, 0) is 18.2 Å². The molecule has 17 heavy (non-hydrogen) atoms. The lowest BCUT2D eigenvalue weighted by molar-refractivity contribution is -0.119. The largest absolute Gasteiger partial charge is 0.369 e. The smallest absolute Gasteiger partial charge is 0.226 e. The van der Waals surface area contributed by atoms with E-state index in [4.69, 9.17) is 5.73 Å². The Morgan fingerprint density at radius 2 is 2.12 bits per heavy atom. The van der Waals surface area contributed by atoms with Gasteiger partial charge in [0.2, 0.25) is 5.91 Å². The molecule has 5 heteroatoms. The van der Waals surface area contributed by atoms with E-state index in [2.05, 4.69) is 15.0 Å². The Hall–Kier alpha value is -2.30. The summed E-state index contributed by atoms with van der Waals surface area (Å²) in [7, 11) is 0. The number of hydrogen-bond acceptors (Lipinski definition) is 4. The highest BCUT2D eigenvalue weighted by atomic mass is 16.1. The molecule has 1 atom stereocenters. The van der Waals surface area contributed by atoms with Gasteiger partial charge >= 0.3 is 0 Å². The Bertz CT molecular complexity index is 486. The van der Waals surface area contributed by atoms with Gasteiger partial charge in [0.25, 0.3) is 0 Å². The summed E-state index contributed by atoms with van der Waals surface area (Å²) in [5, 5.41) is 0. The minimum atomic E-state index is -0.465. The summed E-state index contributed by atoms with van der Waals surface area (Å²) in [6, 6.07) is 7.25. The van der Waals surface area contributed by atoms with Gasteiger partial charge in [-0.2, -0.15) is 0 Å². The lowest BCUT2D eigenvalue weighted by Crippen LogP contribution is -2.24. The van der Waals surface area contributed by atoms with Gasteiger partial charge < -0.3 is 5.73 Å². The van der Waals surface area contributed by atoms with Crippen molar-refractivity contribution in [3.8, 4) is 0 Å². The average molecular weight is 228 g/mol. The number of nitrogens with zero attached hydrogens (tertiary/aromatic N) is 3. The zero-order valence-corrected chi connectivity index (χ0v) is 9.15. The van der Waals surface area contributed by atoms with Gasteiger partial charge in [0.1, 0.15) is 6.33 Å². The third-order valence-electron chi connectivity index (χ3n) is 2.44. The molecular weight excluding hydrogens is 216 g/mol. The third kappa shape index (κ3) is 2.84. The van der Waals surface area contributed by atoms with Crippen molar-refractivity contribution in [3.63, 3.8) is 0 Å². The van der Waals surface area contributed by atoms with Gasteiger partial charge in [0, 0.05) is 24.5 Å². The van der Waals surface area contributed by atoms with E-state index < -0.39 is 11.8 Å². The number of carbonyl (C=O) groups is 1. The van der Waals surface area contributed by atoms with Gasteiger partial charge in [-0.15, -0.1) is 0 Å². The predicted octanol–water partition coefficient (Wildman–Crippen LogP) is 0.683. The number of pyridine rings is 1. The molecule has 86 valence electrons. The van der Waals surface area contributed by atoms with Crippen molar-refractivity contribution in [1.82, 2.24) is 15.0 Å². The van der Waals surface area contributed by atoms with Crippen LogP contribution in [0.5, 0.6) is 0 Å². The summed E-state index contributed by atoms with van der Waals surface area (Å²) >= 11 is 0. The quantitative estimate of drug-likeness (QED) is 0.834. The van der Waals surface area contributed by atoms with E-state index >= 15 is 0 Å². The zero-order valence-electron chi connectivity index (χ0n) is 9.15. The highest BCUT2D eigenvalue weighted by Gasteiger charge is 2.20. The topological polar surface area (TPSA) is 81.8 Å². The molecule has 2 rings (SSSR count). The summed E-state index contributed by atoms with van der Waals surface area (Å²) in [6.45, 7) is 0. The average Bonchev–Trinajstić information content (AvgIpc) is 2.38. The van der Waals surface area contributed by atoms with Gasteiger partial charge in [-0.1, -0.05) is 6.07 Å². The van der Waals surface area contributed by atoms with Crippen LogP contribution in [0.25, 0.3) is 0 Å². The van der Waals surface area contributed by atoms with Crippen LogP contribution in [0.2, 0.25) is 0 Å². The van der Waals surface area contributed by atoms with Crippen LogP contribution in [-0.2, 0) is 11.2 Å². The van der Waals surface area contributed by atoms with E-state index in [0.29, 0.717) is 12.1 Å². The molecule has 0 fully saturated rings. The standard InChI is InChI=1S/C12H12N4O/c13-12(17)10(11-4-6-14-8-16-11)7-9-3-1-2-5-15-9/h1-6,8,10H,7H2,(H2,13,17). The fraction of sp³-hybridized carbons (Fsp3) is 0.167. The number of primary amides is 1. The van der Waals surface area contributed by atoms with Gasteiger partial charge in [0.15, 0.2) is 0 Å². The number of hydrogen-bond donors (Lipinski definition) is 1. The van der Waals surface area contributed by atoms with Crippen LogP contribution >= 0.6 is 0 Å². The maximum atomic E-state index is 11.4. The van der Waals surface area contributed by atoms with Crippen molar-refractivity contribution < 1.29 is 4.79 Å². The molecule has 5 nitrogen and oxygen atoms in total. The van der Waals surface area contributed by atoms with Crippen LogP contribution in [0.4, 0.5) is 0 Å². The van der Waals surface area contributed by atoms with E-state index in [-0.39, 0.29) is 0 Å². The van der Waals surface area contributed by atoms with Crippen LogP contribution in [-0.4, -0.2) is 20.9 Å². The Kier molecular flexibility index (Phi) is 3.40. The molecule has 2 N–H and O–H groups in total. The van der Waals surface area contributed by atoms with Crippen LogP contribution in [0, 0.1) is 0 Å². The van der Waals surface area contributed by atoms with Crippen molar-refractivity contribution in [2.45, 2.75) is 12.3 Å². The number of carbonyl (C=O) groups excluding carboxylic acids is 1. The maximum Gasteiger partial charge on any atom is 0.226 e. The molecule has 1 amide bonds. The Morgan fingerprint density at radius 3 is 2.71 bits per heavy atom. The number of nitrogens with two attached hydrogens (primary N) is 1. The predicted molar refractivity (Wildman–Crippen MR) is 61.9 cm³/mol. The van der Waals surface area contributed by atoms with Gasteiger partial charge in [0.05, 0.1) is 11.6 Å². The minimum absolute atomic E-state index is 0.408. The molecule has 0 aromatic carbocycles. The Labute approximate surface area is 98.7 Å². The highest BCUT2D eigenvalue weighted by Crippen LogP contribution is 2.16. The van der Waals surface area contributed by atoms with Gasteiger partial charge in [-0.25, -0.2) is 9.97 Å². The second-order valence-corrected chi connectivity index (χ2v) is 3.61. The van der Waals surface area contributed by atoms with E-state index in [1.165, 1.54) is 6.33 Å². The second kappa shape index (κ2) is 5.16. The summed E-state index contributed by atoms with van der Waals surface area (Å²) in [5.74, 6) is -0.873. The first-order chi connectivity index (χ1) is 8.27. The Balaban J connectivity index is 2.23. The zero-order chi connectivity index (χ0) is 12.1. The molecule has 1 unspecified atom stereocenters. The monoisotopic (exact) mass is 228 g/mol. The molecule has 0 radical (unpaired) electrons. The molecule has 0 saturated carbocycles. The van der Waals surface area contributed by atoms with Gasteiger partial charge in [-0.3, -0.25) is 9.78 Å². The number of rotatable bonds is 4. The van der Waals surface area contributed by atoms with Crippen molar-refractivity contribution in [2.24, 2.45) is 5.73 Å². The molecule has 2 aromatic rings. The lowest BCUT2D eigenvalue weighted by Gasteiger charge is -2.11. The summed E-state index contributed by atoms with van der Waals surface area (Å²) in [5.41, 5.74) is 6.83. The fourth-order valence-electron chi connectivity index (χ4n) is 1.59. The van der Waals surface area contributed by atoms with E-state index in [0.717, 1.165) is 5.69 Å². The van der Waals surface area contributed by atoms with Crippen molar-refractivity contribution in [3.05, 3.63) is 54.4 Å². The molecule has 0 aliphatic carbocycles. The lowest BCUT2D eigenvalue weighted by atomic mass is 9.98.